The predicted octanol–water partition coefficient (Wildman–Crippen LogP) is 28.2. The molecular formula is C110H87BN4. The molecule has 4 heterocycles. The number of fused-ring (bicyclic) bond motifs is 14. The van der Waals surface area contributed by atoms with Crippen molar-refractivity contribution in [3.63, 3.8) is 0 Å². The van der Waals surface area contributed by atoms with Crippen LogP contribution >= 0.6 is 0 Å². The van der Waals surface area contributed by atoms with Crippen LogP contribution in [0.5, 0.6) is 0 Å². The van der Waals surface area contributed by atoms with Gasteiger partial charge in [-0.05, 0) is 212 Å². The van der Waals surface area contributed by atoms with Crippen LogP contribution in [0.3, 0.4) is 0 Å². The Kier molecular flexibility index (Phi) is 16.1. The van der Waals surface area contributed by atoms with Crippen molar-refractivity contribution >= 4 is 122 Å². The molecule has 550 valence electrons. The molecule has 0 unspecified atom stereocenters. The van der Waals surface area contributed by atoms with E-state index in [4.69, 9.17) is 0 Å². The van der Waals surface area contributed by atoms with Crippen molar-refractivity contribution < 1.29 is 0 Å². The van der Waals surface area contributed by atoms with Crippen LogP contribution in [0.2, 0.25) is 0 Å². The SMILES string of the molecule is CC(C)(C)c1cc2c3c(c1)N(c1c(-c4ccccc4)cc(-c4ccccc4)cc1-c1ccccc1)c1cc(-n4c5ccc(C(C)(C)C)cc5c5c6ccccc6ccc54)ccc1B3c1ccc(-n3c4ccc(C(C)(C)C)cc4c4c5ccccc5ccc43)cc1N2c1c(-c2ccccc2)cc(-c2ccccc2)cc1-c1ccccc1. The van der Waals surface area contributed by atoms with Crippen LogP contribution in [-0.4, -0.2) is 15.8 Å². The molecule has 0 atom stereocenters. The summed E-state index contributed by atoms with van der Waals surface area (Å²) < 4.78 is 5.14. The topological polar surface area (TPSA) is 16.3 Å². The van der Waals surface area contributed by atoms with Crippen LogP contribution in [0, 0.1) is 0 Å². The molecule has 17 aromatic carbocycles. The van der Waals surface area contributed by atoms with Gasteiger partial charge in [-0.2, -0.15) is 0 Å². The van der Waals surface area contributed by atoms with Gasteiger partial charge in [0.15, 0.2) is 0 Å². The number of rotatable bonds is 10. The van der Waals surface area contributed by atoms with Gasteiger partial charge < -0.3 is 18.9 Å². The van der Waals surface area contributed by atoms with Crippen LogP contribution in [0.4, 0.5) is 34.1 Å². The molecule has 0 saturated carbocycles. The van der Waals surface area contributed by atoms with Gasteiger partial charge in [0.2, 0.25) is 0 Å². The molecule has 5 heteroatoms. The molecule has 2 aliphatic rings. The van der Waals surface area contributed by atoms with Gasteiger partial charge in [0.05, 0.1) is 33.4 Å². The molecular weight excluding hydrogens is 1390 g/mol. The summed E-state index contributed by atoms with van der Waals surface area (Å²) in [6.07, 6.45) is 0. The van der Waals surface area contributed by atoms with Gasteiger partial charge in [-0.15, -0.1) is 0 Å². The van der Waals surface area contributed by atoms with Gasteiger partial charge in [-0.1, -0.05) is 329 Å². The Balaban J connectivity index is 0.944. The van der Waals surface area contributed by atoms with E-state index in [1.807, 2.05) is 0 Å². The van der Waals surface area contributed by atoms with E-state index in [2.05, 4.69) is 445 Å². The summed E-state index contributed by atoms with van der Waals surface area (Å²) in [4.78, 5) is 5.48. The minimum absolute atomic E-state index is 0.0837. The van der Waals surface area contributed by atoms with E-state index in [1.165, 1.54) is 98.2 Å². The molecule has 0 spiro atoms. The monoisotopic (exact) mass is 1470 g/mol. The highest BCUT2D eigenvalue weighted by atomic mass is 15.2. The highest BCUT2D eigenvalue weighted by Gasteiger charge is 2.47. The zero-order valence-electron chi connectivity index (χ0n) is 66.5. The highest BCUT2D eigenvalue weighted by Crippen LogP contribution is 2.56. The Labute approximate surface area is 674 Å². The third-order valence-electron chi connectivity index (χ3n) is 24.7. The maximum atomic E-state index is 2.74. The van der Waals surface area contributed by atoms with E-state index in [0.29, 0.717) is 0 Å². The fraction of sp³-hybridized carbons (Fsp3) is 0.109. The van der Waals surface area contributed by atoms with Gasteiger partial charge in [-0.3, -0.25) is 0 Å². The van der Waals surface area contributed by atoms with E-state index in [0.717, 1.165) is 112 Å². The normalized spacial score (nSPS) is 12.9. The first-order valence-electron chi connectivity index (χ1n) is 40.7. The molecule has 19 aromatic rings. The molecule has 21 rings (SSSR count). The Bertz CT molecular complexity index is 6580. The molecule has 4 nitrogen and oxygen atoms in total. The second-order valence-corrected chi connectivity index (χ2v) is 34.8. The lowest BCUT2D eigenvalue weighted by molar-refractivity contribution is 0.590. The van der Waals surface area contributed by atoms with Crippen molar-refractivity contribution in [3.05, 3.63) is 381 Å². The van der Waals surface area contributed by atoms with E-state index < -0.39 is 0 Å². The van der Waals surface area contributed by atoms with Crippen molar-refractivity contribution in [3.8, 4) is 78.1 Å². The van der Waals surface area contributed by atoms with Crippen molar-refractivity contribution in [1.29, 1.82) is 0 Å². The molecule has 0 aliphatic carbocycles. The maximum Gasteiger partial charge on any atom is 0.252 e. The summed E-state index contributed by atoms with van der Waals surface area (Å²) in [5, 5.41) is 9.96. The Morgan fingerprint density at radius 3 is 0.878 bits per heavy atom. The van der Waals surface area contributed by atoms with Crippen LogP contribution in [0.15, 0.2) is 364 Å². The Hall–Kier alpha value is -13.5. The molecule has 0 amide bonds. The van der Waals surface area contributed by atoms with Gasteiger partial charge in [0.25, 0.3) is 6.71 Å². The Morgan fingerprint density at radius 2 is 0.539 bits per heavy atom. The standard InChI is InChI=1S/C110H87BN4/c1-108(2,3)80-50-58-95-91(64-80)103-85-46-30-28-44-76(85)48-56-97(103)112(95)83-52-54-93-99(68-83)114(106-87(72-36-20-12-21-37-72)60-78(70-32-16-10-17-33-70)61-88(106)73-38-22-13-23-39-73)101-66-82(110(7,8)9)67-102-105(101)111(93)94-55-53-84(113-96-59-51-81(109(4,5)6)65-92(96)104-86-47-31-29-45-77(86)49-57-98(104)113)69-100(94)115(102)107-89(74-40-24-14-25-41-74)62-79(71-34-18-11-19-35-71)63-90(107)75-42-26-15-27-43-75/h10-69H,1-9H3. The molecule has 0 saturated heterocycles. The molecule has 0 radical (unpaired) electrons. The van der Waals surface area contributed by atoms with E-state index in [1.54, 1.807) is 0 Å². The zero-order chi connectivity index (χ0) is 77.8. The average molecular weight is 1480 g/mol. The summed E-state index contributed by atoms with van der Waals surface area (Å²) in [7, 11) is 0. The average Bonchev–Trinajstić information content (AvgIpc) is 0.945. The lowest BCUT2D eigenvalue weighted by Gasteiger charge is -2.46. The number of nitrogens with zero attached hydrogens (tertiary/aromatic N) is 4. The fourth-order valence-electron chi connectivity index (χ4n) is 18.9. The zero-order valence-corrected chi connectivity index (χ0v) is 66.5. The summed E-state index contributed by atoms with van der Waals surface area (Å²) in [6, 6.07) is 139. The minimum Gasteiger partial charge on any atom is -0.310 e. The number of benzene rings is 17. The van der Waals surface area contributed by atoms with Gasteiger partial charge >= 0.3 is 0 Å². The van der Waals surface area contributed by atoms with E-state index in [-0.39, 0.29) is 23.0 Å². The molecule has 2 aromatic heterocycles. The van der Waals surface area contributed by atoms with Crippen molar-refractivity contribution in [2.75, 3.05) is 9.80 Å². The van der Waals surface area contributed by atoms with Crippen LogP contribution < -0.4 is 26.2 Å². The first-order chi connectivity index (χ1) is 56.0. The van der Waals surface area contributed by atoms with Crippen LogP contribution in [-0.2, 0) is 16.2 Å². The lowest BCUT2D eigenvalue weighted by Crippen LogP contribution is -2.61. The summed E-state index contributed by atoms with van der Waals surface area (Å²) in [5.41, 5.74) is 34.1. The van der Waals surface area contributed by atoms with Crippen molar-refractivity contribution in [2.24, 2.45) is 0 Å². The predicted molar refractivity (Wildman–Crippen MR) is 493 cm³/mol. The maximum absolute atomic E-state index is 2.74. The van der Waals surface area contributed by atoms with Crippen molar-refractivity contribution in [2.45, 2.75) is 78.6 Å². The first kappa shape index (κ1) is 69.5. The number of aromatic nitrogens is 2. The summed E-state index contributed by atoms with van der Waals surface area (Å²) >= 11 is 0. The number of anilines is 6. The van der Waals surface area contributed by atoms with Gasteiger partial charge in [-0.25, -0.2) is 0 Å². The fourth-order valence-corrected chi connectivity index (χ4v) is 18.9. The molecule has 0 N–H and O–H groups in total. The van der Waals surface area contributed by atoms with Crippen molar-refractivity contribution in [1.82, 2.24) is 9.13 Å². The summed E-state index contributed by atoms with van der Waals surface area (Å²) in [5.74, 6) is 0. The van der Waals surface area contributed by atoms with Crippen LogP contribution in [0.25, 0.3) is 143 Å². The third kappa shape index (κ3) is 11.4. The van der Waals surface area contributed by atoms with E-state index in [9.17, 15) is 0 Å². The number of hydrogen-bond donors (Lipinski definition) is 0. The minimum atomic E-state index is -0.374. The Morgan fingerprint density at radius 1 is 0.226 bits per heavy atom. The van der Waals surface area contributed by atoms with E-state index >= 15 is 0 Å². The molecule has 0 bridgehead atoms. The molecule has 2 aliphatic heterocycles. The second kappa shape index (κ2) is 26.6. The first-order valence-corrected chi connectivity index (χ1v) is 40.7. The largest absolute Gasteiger partial charge is 0.310 e. The lowest BCUT2D eigenvalue weighted by atomic mass is 9.33. The number of hydrogen-bond acceptors (Lipinski definition) is 2. The second-order valence-electron chi connectivity index (χ2n) is 34.8. The third-order valence-corrected chi connectivity index (χ3v) is 24.7. The molecule has 0 fully saturated rings. The highest BCUT2D eigenvalue weighted by molar-refractivity contribution is 7.00. The summed E-state index contributed by atoms with van der Waals surface area (Å²) in [6.45, 7) is 20.9. The molecule has 115 heavy (non-hydrogen) atoms. The van der Waals surface area contributed by atoms with Gasteiger partial charge in [0, 0.05) is 77.9 Å². The van der Waals surface area contributed by atoms with Gasteiger partial charge in [0.1, 0.15) is 0 Å². The van der Waals surface area contributed by atoms with Crippen LogP contribution in [0.1, 0.15) is 79.0 Å². The smallest absolute Gasteiger partial charge is 0.252 e. The quantitative estimate of drug-likeness (QED) is 0.127.